The quantitative estimate of drug-likeness (QED) is 0.732. The number of hydrogen-bond donors (Lipinski definition) is 2. The Morgan fingerprint density at radius 1 is 1.23 bits per heavy atom. The van der Waals surface area contributed by atoms with Crippen molar-refractivity contribution >= 4 is 23.9 Å². The Morgan fingerprint density at radius 3 is 2.77 bits per heavy atom. The van der Waals surface area contributed by atoms with Gasteiger partial charge in [0.15, 0.2) is 17.4 Å². The molecule has 1 aliphatic rings. The molecule has 0 saturated carbocycles. The maximum absolute atomic E-state index is 14.0. The maximum atomic E-state index is 14.0. The van der Waals surface area contributed by atoms with E-state index in [1.807, 2.05) is 16.8 Å². The third-order valence-corrected chi connectivity index (χ3v) is 4.23. The lowest BCUT2D eigenvalue weighted by Crippen LogP contribution is -2.28. The van der Waals surface area contributed by atoms with Crippen molar-refractivity contribution in [2.45, 2.75) is 13.1 Å². The summed E-state index contributed by atoms with van der Waals surface area (Å²) in [6.07, 6.45) is 3.51. The Morgan fingerprint density at radius 2 is 2.04 bits per heavy atom. The van der Waals surface area contributed by atoms with E-state index in [1.54, 1.807) is 24.5 Å². The van der Waals surface area contributed by atoms with Crippen molar-refractivity contribution in [3.05, 3.63) is 54.2 Å². The van der Waals surface area contributed by atoms with Gasteiger partial charge in [-0.2, -0.15) is 5.10 Å². The predicted octanol–water partition coefficient (Wildman–Crippen LogP) is 3.36. The lowest BCUT2D eigenvalue weighted by Gasteiger charge is -2.16. The summed E-state index contributed by atoms with van der Waals surface area (Å²) in [6, 6.07) is 8.68. The van der Waals surface area contributed by atoms with Crippen LogP contribution in [0.2, 0.25) is 0 Å². The number of halogens is 2. The van der Waals surface area contributed by atoms with Crippen LogP contribution in [0.5, 0.6) is 5.75 Å². The first kappa shape index (κ1) is 18.2. The highest BCUT2D eigenvalue weighted by Crippen LogP contribution is 2.34. The third kappa shape index (κ3) is 3.36. The van der Waals surface area contributed by atoms with Crippen molar-refractivity contribution in [2.75, 3.05) is 19.0 Å². The molecule has 1 aromatic carbocycles. The zero-order valence-electron chi connectivity index (χ0n) is 14.2. The molecule has 136 valence electrons. The van der Waals surface area contributed by atoms with E-state index in [0.717, 1.165) is 36.5 Å². The molecule has 0 amide bonds. The maximum Gasteiger partial charge on any atom is 0.167 e. The van der Waals surface area contributed by atoms with Gasteiger partial charge in [0.2, 0.25) is 0 Å². The van der Waals surface area contributed by atoms with Crippen molar-refractivity contribution < 1.29 is 9.13 Å². The summed E-state index contributed by atoms with van der Waals surface area (Å²) < 4.78 is 21.0. The average molecular weight is 376 g/mol. The SMILES string of the molecule is COc1ccc(Nc2nn3c(c2-c2ccncc2)CNCC3)cc1F.Cl. The van der Waals surface area contributed by atoms with Crippen molar-refractivity contribution in [1.29, 1.82) is 0 Å². The monoisotopic (exact) mass is 375 g/mol. The molecular formula is C18H19ClFN5O. The lowest BCUT2D eigenvalue weighted by atomic mass is 10.1. The highest BCUT2D eigenvalue weighted by atomic mass is 35.5. The second kappa shape index (κ2) is 7.72. The number of aromatic nitrogens is 3. The molecule has 26 heavy (non-hydrogen) atoms. The molecule has 2 aromatic heterocycles. The smallest absolute Gasteiger partial charge is 0.167 e. The summed E-state index contributed by atoms with van der Waals surface area (Å²) in [4.78, 5) is 4.08. The number of benzene rings is 1. The minimum Gasteiger partial charge on any atom is -0.494 e. The Balaban J connectivity index is 0.00000196. The number of anilines is 2. The van der Waals surface area contributed by atoms with E-state index >= 15 is 0 Å². The van der Waals surface area contributed by atoms with Crippen LogP contribution in [0.25, 0.3) is 11.1 Å². The van der Waals surface area contributed by atoms with E-state index < -0.39 is 5.82 Å². The van der Waals surface area contributed by atoms with E-state index in [9.17, 15) is 4.39 Å². The summed E-state index contributed by atoms with van der Waals surface area (Å²) in [5.74, 6) is 0.506. The number of methoxy groups -OCH3 is 1. The van der Waals surface area contributed by atoms with Crippen molar-refractivity contribution in [3.63, 3.8) is 0 Å². The van der Waals surface area contributed by atoms with E-state index in [0.29, 0.717) is 11.5 Å². The second-order valence-electron chi connectivity index (χ2n) is 5.78. The van der Waals surface area contributed by atoms with E-state index in [-0.39, 0.29) is 18.2 Å². The Bertz CT molecular complexity index is 900. The fraction of sp³-hybridized carbons (Fsp3) is 0.222. The Kier molecular flexibility index (Phi) is 5.39. The molecule has 0 aliphatic carbocycles. The van der Waals surface area contributed by atoms with E-state index in [4.69, 9.17) is 4.74 Å². The molecule has 4 rings (SSSR count). The molecule has 0 spiro atoms. The summed E-state index contributed by atoms with van der Waals surface area (Å²) >= 11 is 0. The minimum absolute atomic E-state index is 0. The normalized spacial score (nSPS) is 12.8. The predicted molar refractivity (Wildman–Crippen MR) is 101 cm³/mol. The molecule has 8 heteroatoms. The zero-order valence-corrected chi connectivity index (χ0v) is 15.0. The van der Waals surface area contributed by atoms with Gasteiger partial charge in [-0.25, -0.2) is 4.39 Å². The number of rotatable bonds is 4. The number of ether oxygens (including phenoxy) is 1. The fourth-order valence-corrected chi connectivity index (χ4v) is 3.04. The molecule has 0 bridgehead atoms. The van der Waals surface area contributed by atoms with Crippen LogP contribution in [-0.4, -0.2) is 28.4 Å². The summed E-state index contributed by atoms with van der Waals surface area (Å²) in [7, 11) is 1.45. The van der Waals surface area contributed by atoms with Crippen molar-refractivity contribution in [3.8, 4) is 16.9 Å². The molecule has 0 atom stereocenters. The standard InChI is InChI=1S/C18H18FN5O.ClH/c1-25-16-3-2-13(10-14(16)19)22-18-17(12-4-6-20-7-5-12)15-11-21-8-9-24(15)23-18;/h2-7,10,21H,8-9,11H2,1H3,(H,22,23);1H. The van der Waals surface area contributed by atoms with Gasteiger partial charge in [0.25, 0.3) is 0 Å². The molecule has 3 aromatic rings. The topological polar surface area (TPSA) is 64.0 Å². The van der Waals surface area contributed by atoms with Gasteiger partial charge in [-0.1, -0.05) is 0 Å². The van der Waals surface area contributed by atoms with Crippen LogP contribution in [0.3, 0.4) is 0 Å². The van der Waals surface area contributed by atoms with E-state index in [2.05, 4.69) is 20.7 Å². The van der Waals surface area contributed by atoms with Crippen LogP contribution in [0.1, 0.15) is 5.69 Å². The molecular weight excluding hydrogens is 357 g/mol. The Labute approximate surface area is 156 Å². The zero-order chi connectivity index (χ0) is 17.2. The van der Waals surface area contributed by atoms with Crippen LogP contribution >= 0.6 is 12.4 Å². The van der Waals surface area contributed by atoms with Gasteiger partial charge in [0.05, 0.1) is 19.3 Å². The fourth-order valence-electron chi connectivity index (χ4n) is 3.04. The van der Waals surface area contributed by atoms with Gasteiger partial charge in [0, 0.05) is 42.8 Å². The molecule has 0 saturated heterocycles. The van der Waals surface area contributed by atoms with Crippen LogP contribution in [-0.2, 0) is 13.1 Å². The molecule has 0 radical (unpaired) electrons. The average Bonchev–Trinajstić information content (AvgIpc) is 3.00. The van der Waals surface area contributed by atoms with Gasteiger partial charge >= 0.3 is 0 Å². The van der Waals surface area contributed by atoms with Crippen molar-refractivity contribution in [1.82, 2.24) is 20.1 Å². The molecule has 2 N–H and O–H groups in total. The highest BCUT2D eigenvalue weighted by Gasteiger charge is 2.21. The summed E-state index contributed by atoms with van der Waals surface area (Å²) in [6.45, 7) is 2.41. The Hall–Kier alpha value is -2.64. The number of fused-ring (bicyclic) bond motifs is 1. The van der Waals surface area contributed by atoms with E-state index in [1.165, 1.54) is 13.2 Å². The van der Waals surface area contributed by atoms with Gasteiger partial charge in [-0.3, -0.25) is 9.67 Å². The number of pyridine rings is 1. The summed E-state index contributed by atoms with van der Waals surface area (Å²) in [5, 5.41) is 11.3. The second-order valence-corrected chi connectivity index (χ2v) is 5.78. The molecule has 0 fully saturated rings. The van der Waals surface area contributed by atoms with Gasteiger partial charge in [-0.05, 0) is 29.8 Å². The molecule has 6 nitrogen and oxygen atoms in total. The van der Waals surface area contributed by atoms with Crippen LogP contribution < -0.4 is 15.4 Å². The molecule has 3 heterocycles. The van der Waals surface area contributed by atoms with Gasteiger partial charge < -0.3 is 15.4 Å². The third-order valence-electron chi connectivity index (χ3n) is 4.23. The van der Waals surface area contributed by atoms with Crippen molar-refractivity contribution in [2.24, 2.45) is 0 Å². The molecule has 0 unspecified atom stereocenters. The van der Waals surface area contributed by atoms with Crippen LogP contribution in [0, 0.1) is 5.82 Å². The van der Waals surface area contributed by atoms with Gasteiger partial charge in [0.1, 0.15) is 0 Å². The molecule has 1 aliphatic heterocycles. The first-order valence-electron chi connectivity index (χ1n) is 8.07. The van der Waals surface area contributed by atoms with Crippen LogP contribution in [0.15, 0.2) is 42.7 Å². The first-order chi connectivity index (χ1) is 12.3. The number of hydrogen-bond acceptors (Lipinski definition) is 5. The minimum atomic E-state index is -0.413. The van der Waals surface area contributed by atoms with Crippen LogP contribution in [0.4, 0.5) is 15.9 Å². The highest BCUT2D eigenvalue weighted by molar-refractivity contribution is 5.85. The lowest BCUT2D eigenvalue weighted by molar-refractivity contribution is 0.386. The van der Waals surface area contributed by atoms with Gasteiger partial charge in [-0.15, -0.1) is 12.4 Å². The largest absolute Gasteiger partial charge is 0.494 e. The number of nitrogens with one attached hydrogen (secondary N) is 2. The number of nitrogens with zero attached hydrogens (tertiary/aromatic N) is 3. The summed E-state index contributed by atoms with van der Waals surface area (Å²) in [5.41, 5.74) is 3.76. The first-order valence-corrected chi connectivity index (χ1v) is 8.07.